The third-order valence-corrected chi connectivity index (χ3v) is 3.13. The number of nitrogens with one attached hydrogen (secondary N) is 1. The minimum Gasteiger partial charge on any atom is -0.354 e. The first-order valence-corrected chi connectivity index (χ1v) is 6.40. The van der Waals surface area contributed by atoms with Gasteiger partial charge in [0.15, 0.2) is 0 Å². The first kappa shape index (κ1) is 11.0. The average Bonchev–Trinajstić information content (AvgIpc) is 2.59. The van der Waals surface area contributed by atoms with Crippen molar-refractivity contribution in [2.75, 3.05) is 6.54 Å². The maximum absolute atomic E-state index is 4.68. The lowest BCUT2D eigenvalue weighted by atomic mass is 10.2. The second kappa shape index (κ2) is 4.65. The van der Waals surface area contributed by atoms with Crippen LogP contribution in [0.5, 0.6) is 0 Å². The Balaban J connectivity index is 2.46. The molecule has 0 aliphatic carbocycles. The molecule has 1 N–H and O–H groups in total. The van der Waals surface area contributed by atoms with E-state index in [0.717, 1.165) is 29.4 Å². The van der Waals surface area contributed by atoms with E-state index in [1.165, 1.54) is 10.8 Å². The van der Waals surface area contributed by atoms with E-state index in [0.29, 0.717) is 0 Å². The smallest absolute Gasteiger partial charge is 0.0674 e. The van der Waals surface area contributed by atoms with Crippen molar-refractivity contribution < 1.29 is 0 Å². The van der Waals surface area contributed by atoms with Gasteiger partial charge >= 0.3 is 0 Å². The topological polar surface area (TPSA) is 28.1 Å². The van der Waals surface area contributed by atoms with E-state index in [-0.39, 0.29) is 0 Å². The zero-order valence-corrected chi connectivity index (χ0v) is 10.5. The zero-order chi connectivity index (χ0) is 12.4. The van der Waals surface area contributed by atoms with Gasteiger partial charge in [-0.25, -0.2) is 0 Å². The lowest BCUT2D eigenvalue weighted by Gasteiger charge is -1.92. The predicted octanol–water partition coefficient (Wildman–Crippen LogP) is 3.63. The summed E-state index contributed by atoms with van der Waals surface area (Å²) in [6.07, 6.45) is 1.08. The molecule has 90 valence electrons. The minimum atomic E-state index is 0.880. The van der Waals surface area contributed by atoms with E-state index in [1.54, 1.807) is 0 Å². The second-order valence-corrected chi connectivity index (χ2v) is 4.44. The average molecular weight is 236 g/mol. The summed E-state index contributed by atoms with van der Waals surface area (Å²) >= 11 is 0. The summed E-state index contributed by atoms with van der Waals surface area (Å²) in [6.45, 7) is 3.03. The van der Waals surface area contributed by atoms with Crippen LogP contribution in [0.2, 0.25) is 0 Å². The van der Waals surface area contributed by atoms with Gasteiger partial charge in [-0.3, -0.25) is 4.99 Å². The molecule has 1 aromatic heterocycles. The molecule has 0 unspecified atom stereocenters. The van der Waals surface area contributed by atoms with Crippen LogP contribution >= 0.6 is 0 Å². The molecule has 0 fully saturated rings. The van der Waals surface area contributed by atoms with Gasteiger partial charge in [-0.1, -0.05) is 37.3 Å². The zero-order valence-electron chi connectivity index (χ0n) is 10.5. The summed E-state index contributed by atoms with van der Waals surface area (Å²) < 4.78 is 0. The normalized spacial score (nSPS) is 12.4. The highest BCUT2D eigenvalue weighted by atomic mass is 14.7. The minimum absolute atomic E-state index is 0.880. The van der Waals surface area contributed by atoms with E-state index in [4.69, 9.17) is 0 Å². The molecule has 18 heavy (non-hydrogen) atoms. The molecule has 2 nitrogen and oxygen atoms in total. The molecule has 0 atom stereocenters. The van der Waals surface area contributed by atoms with E-state index < -0.39 is 0 Å². The third kappa shape index (κ3) is 1.80. The van der Waals surface area contributed by atoms with Gasteiger partial charge in [0.2, 0.25) is 0 Å². The molecule has 0 amide bonds. The SMILES string of the molecule is CCCN=c1cccc2[nH]c3cccccc3c12. The number of H-pyrrole nitrogens is 1. The van der Waals surface area contributed by atoms with Crippen molar-refractivity contribution >= 4 is 21.8 Å². The van der Waals surface area contributed by atoms with Crippen LogP contribution in [0.4, 0.5) is 0 Å². The number of rotatable bonds is 2. The second-order valence-electron chi connectivity index (χ2n) is 4.44. The quantitative estimate of drug-likeness (QED) is 0.704. The van der Waals surface area contributed by atoms with Crippen LogP contribution in [0.3, 0.4) is 0 Å². The Morgan fingerprint density at radius 3 is 2.67 bits per heavy atom. The fourth-order valence-corrected chi connectivity index (χ4v) is 2.31. The number of aromatic amines is 1. The molecule has 2 aromatic carbocycles. The van der Waals surface area contributed by atoms with Gasteiger partial charge in [-0.05, 0) is 24.6 Å². The molecule has 0 saturated carbocycles. The first-order chi connectivity index (χ1) is 8.90. The van der Waals surface area contributed by atoms with Crippen LogP contribution in [-0.4, -0.2) is 11.5 Å². The molecule has 0 saturated heterocycles. The number of aromatic nitrogens is 1. The van der Waals surface area contributed by atoms with Gasteiger partial charge in [0.1, 0.15) is 0 Å². The highest BCUT2D eigenvalue weighted by molar-refractivity contribution is 6.06. The van der Waals surface area contributed by atoms with Gasteiger partial charge in [-0.2, -0.15) is 0 Å². The van der Waals surface area contributed by atoms with E-state index >= 15 is 0 Å². The van der Waals surface area contributed by atoms with Crippen LogP contribution in [0.25, 0.3) is 21.8 Å². The number of benzene rings is 1. The summed E-state index contributed by atoms with van der Waals surface area (Å²) in [5.74, 6) is 0. The molecule has 3 aromatic rings. The van der Waals surface area contributed by atoms with Crippen LogP contribution in [0, 0.1) is 0 Å². The van der Waals surface area contributed by atoms with Crippen molar-refractivity contribution in [2.45, 2.75) is 13.3 Å². The van der Waals surface area contributed by atoms with Crippen LogP contribution in [0.15, 0.2) is 53.5 Å². The highest BCUT2D eigenvalue weighted by Crippen LogP contribution is 2.21. The van der Waals surface area contributed by atoms with Crippen molar-refractivity contribution in [1.29, 1.82) is 0 Å². The third-order valence-electron chi connectivity index (χ3n) is 3.13. The number of nitrogens with zero attached hydrogens (tertiary/aromatic N) is 1. The summed E-state index contributed by atoms with van der Waals surface area (Å²) in [7, 11) is 0. The number of hydrogen-bond donors (Lipinski definition) is 1. The predicted molar refractivity (Wildman–Crippen MR) is 76.5 cm³/mol. The van der Waals surface area contributed by atoms with Crippen molar-refractivity contribution in [3.05, 3.63) is 53.9 Å². The van der Waals surface area contributed by atoms with Crippen molar-refractivity contribution in [3.8, 4) is 0 Å². The van der Waals surface area contributed by atoms with Crippen molar-refractivity contribution in [2.24, 2.45) is 4.99 Å². The standard InChI is InChI=1S/C16H16N2/c1-2-11-17-14-9-6-10-15-16(14)12-7-4-3-5-8-13(12)18-15/h3-10,18H,2,11H2,1H3. The van der Waals surface area contributed by atoms with Crippen LogP contribution < -0.4 is 5.36 Å². The van der Waals surface area contributed by atoms with Crippen LogP contribution in [0.1, 0.15) is 13.3 Å². The molecule has 0 bridgehead atoms. The molecule has 0 aliphatic heterocycles. The molecule has 1 heterocycles. The van der Waals surface area contributed by atoms with Crippen molar-refractivity contribution in [3.63, 3.8) is 0 Å². The Labute approximate surface area is 106 Å². The molecule has 2 heteroatoms. The van der Waals surface area contributed by atoms with E-state index in [9.17, 15) is 0 Å². The fourth-order valence-electron chi connectivity index (χ4n) is 2.31. The Morgan fingerprint density at radius 1 is 0.944 bits per heavy atom. The van der Waals surface area contributed by atoms with Gasteiger partial charge in [0.05, 0.1) is 5.36 Å². The molecule has 0 aliphatic rings. The number of fused-ring (bicyclic) bond motifs is 3. The Morgan fingerprint density at radius 2 is 1.78 bits per heavy atom. The fraction of sp³-hybridized carbons (Fsp3) is 0.188. The number of hydrogen-bond acceptors (Lipinski definition) is 1. The Bertz CT molecular complexity index is 753. The van der Waals surface area contributed by atoms with Gasteiger partial charge in [0.25, 0.3) is 0 Å². The summed E-state index contributed by atoms with van der Waals surface area (Å²) in [5, 5.41) is 3.56. The van der Waals surface area contributed by atoms with Crippen molar-refractivity contribution in [1.82, 2.24) is 4.98 Å². The van der Waals surface area contributed by atoms with E-state index in [1.807, 2.05) is 6.07 Å². The van der Waals surface area contributed by atoms with Gasteiger partial charge in [0, 0.05) is 28.4 Å². The molecule has 0 spiro atoms. The van der Waals surface area contributed by atoms with E-state index in [2.05, 4.69) is 59.4 Å². The lowest BCUT2D eigenvalue weighted by Crippen LogP contribution is -2.02. The molecule has 0 radical (unpaired) electrons. The summed E-state index contributed by atoms with van der Waals surface area (Å²) in [4.78, 5) is 8.13. The monoisotopic (exact) mass is 236 g/mol. The highest BCUT2D eigenvalue weighted by Gasteiger charge is 2.03. The van der Waals surface area contributed by atoms with Gasteiger partial charge < -0.3 is 4.98 Å². The Hall–Kier alpha value is -2.09. The maximum Gasteiger partial charge on any atom is 0.0674 e. The Kier molecular flexibility index (Phi) is 2.85. The summed E-state index contributed by atoms with van der Waals surface area (Å²) in [5.41, 5.74) is 2.32. The first-order valence-electron chi connectivity index (χ1n) is 6.40. The molecular weight excluding hydrogens is 220 g/mol. The largest absolute Gasteiger partial charge is 0.354 e. The van der Waals surface area contributed by atoms with Crippen LogP contribution in [-0.2, 0) is 0 Å². The lowest BCUT2D eigenvalue weighted by molar-refractivity contribution is 0.907. The molecular formula is C16H16N2. The molecule has 3 rings (SSSR count). The summed E-state index contributed by atoms with van der Waals surface area (Å²) in [6, 6.07) is 16.7. The van der Waals surface area contributed by atoms with Gasteiger partial charge in [-0.15, -0.1) is 0 Å². The maximum atomic E-state index is 4.68.